The molecule has 0 saturated carbocycles. The topological polar surface area (TPSA) is 109 Å². The highest BCUT2D eigenvalue weighted by molar-refractivity contribution is 6.16. The summed E-state index contributed by atoms with van der Waals surface area (Å²) in [6.07, 6.45) is 5.41. The number of amides is 2. The van der Waals surface area contributed by atoms with Crippen molar-refractivity contribution in [2.24, 2.45) is 10.2 Å². The zero-order chi connectivity index (χ0) is 17.4. The second kappa shape index (κ2) is 8.28. The summed E-state index contributed by atoms with van der Waals surface area (Å²) in [7, 11) is 0. The third-order valence-corrected chi connectivity index (χ3v) is 2.90. The maximum Gasteiger partial charge on any atom is 0.272 e. The van der Waals surface area contributed by atoms with Crippen LogP contribution in [0.3, 0.4) is 0 Å². The highest BCUT2D eigenvalue weighted by Crippen LogP contribution is 1.99. The van der Waals surface area contributed by atoms with Gasteiger partial charge in [-0.25, -0.2) is 10.9 Å². The Hall–Kier alpha value is -3.42. The number of carbonyl (C=O) groups is 2. The number of hydrazone groups is 2. The van der Waals surface area contributed by atoms with E-state index in [2.05, 4.69) is 31.0 Å². The number of nitrogens with one attached hydrogen (secondary N) is 2. The maximum atomic E-state index is 11.7. The van der Waals surface area contributed by atoms with E-state index in [1.807, 2.05) is 13.8 Å². The number of carbonyl (C=O) groups excluding carboxylic acids is 2. The van der Waals surface area contributed by atoms with Gasteiger partial charge in [-0.15, -0.1) is 0 Å². The van der Waals surface area contributed by atoms with E-state index in [0.717, 1.165) is 11.4 Å². The van der Waals surface area contributed by atoms with Gasteiger partial charge in [0.05, 0.1) is 23.6 Å². The van der Waals surface area contributed by atoms with Crippen molar-refractivity contribution in [3.8, 4) is 0 Å². The monoisotopic (exact) mass is 324 g/mol. The van der Waals surface area contributed by atoms with Crippen molar-refractivity contribution < 1.29 is 9.59 Å². The van der Waals surface area contributed by atoms with Gasteiger partial charge in [0.1, 0.15) is 0 Å². The van der Waals surface area contributed by atoms with Crippen LogP contribution in [0.5, 0.6) is 0 Å². The minimum Gasteiger partial charge on any atom is -0.267 e. The Bertz CT molecular complexity index is 699. The standard InChI is InChI=1S/C16H16N6O2/c1-11-3-5-13(9-17-11)15(23)21-19-7-8-20-22-16(24)14-6-4-12(2)18-10-14/h3-10H,1-2H3,(H,21,23)(H,22,24). The van der Waals surface area contributed by atoms with Gasteiger partial charge in [0.15, 0.2) is 0 Å². The van der Waals surface area contributed by atoms with Crippen LogP contribution in [0, 0.1) is 13.8 Å². The fourth-order valence-electron chi connectivity index (χ4n) is 1.59. The van der Waals surface area contributed by atoms with Crippen LogP contribution in [-0.2, 0) is 0 Å². The molecule has 0 saturated heterocycles. The summed E-state index contributed by atoms with van der Waals surface area (Å²) in [6, 6.07) is 6.76. The van der Waals surface area contributed by atoms with Gasteiger partial charge >= 0.3 is 0 Å². The first kappa shape index (κ1) is 16.9. The third-order valence-electron chi connectivity index (χ3n) is 2.90. The molecule has 2 amide bonds. The van der Waals surface area contributed by atoms with E-state index < -0.39 is 0 Å². The molecule has 0 spiro atoms. The minimum atomic E-state index is -0.387. The smallest absolute Gasteiger partial charge is 0.267 e. The number of pyridine rings is 2. The Labute approximate surface area is 138 Å². The molecule has 2 N–H and O–H groups in total. The van der Waals surface area contributed by atoms with Crippen LogP contribution in [0.25, 0.3) is 0 Å². The maximum absolute atomic E-state index is 11.7. The van der Waals surface area contributed by atoms with Crippen molar-refractivity contribution in [3.05, 3.63) is 59.2 Å². The van der Waals surface area contributed by atoms with Crippen molar-refractivity contribution >= 4 is 24.2 Å². The second-order valence-electron chi connectivity index (χ2n) is 4.81. The first-order valence-electron chi connectivity index (χ1n) is 7.07. The zero-order valence-corrected chi connectivity index (χ0v) is 13.2. The van der Waals surface area contributed by atoms with Crippen molar-refractivity contribution in [1.82, 2.24) is 20.8 Å². The van der Waals surface area contributed by atoms with E-state index in [-0.39, 0.29) is 11.8 Å². The van der Waals surface area contributed by atoms with Crippen molar-refractivity contribution in [3.63, 3.8) is 0 Å². The van der Waals surface area contributed by atoms with E-state index in [9.17, 15) is 9.59 Å². The summed E-state index contributed by atoms with van der Waals surface area (Å²) in [5.74, 6) is -0.774. The molecule has 0 radical (unpaired) electrons. The van der Waals surface area contributed by atoms with Crippen LogP contribution in [0.15, 0.2) is 46.9 Å². The summed E-state index contributed by atoms with van der Waals surface area (Å²) in [4.78, 5) is 31.5. The van der Waals surface area contributed by atoms with E-state index >= 15 is 0 Å². The highest BCUT2D eigenvalue weighted by atomic mass is 16.2. The van der Waals surface area contributed by atoms with Crippen molar-refractivity contribution in [2.75, 3.05) is 0 Å². The van der Waals surface area contributed by atoms with Crippen LogP contribution in [-0.4, -0.2) is 34.2 Å². The Morgan fingerprint density at radius 1 is 0.833 bits per heavy atom. The molecule has 0 aromatic carbocycles. The quantitative estimate of drug-likeness (QED) is 0.636. The molecule has 0 aliphatic carbocycles. The lowest BCUT2D eigenvalue weighted by molar-refractivity contribution is 0.0946. The summed E-state index contributed by atoms with van der Waals surface area (Å²) in [5.41, 5.74) is 7.08. The molecule has 0 aliphatic heterocycles. The van der Waals surface area contributed by atoms with Gasteiger partial charge in [0, 0.05) is 23.8 Å². The molecular formula is C16H16N6O2. The normalized spacial score (nSPS) is 10.9. The van der Waals surface area contributed by atoms with Crippen LogP contribution in [0.2, 0.25) is 0 Å². The average Bonchev–Trinajstić information content (AvgIpc) is 2.58. The molecular weight excluding hydrogens is 308 g/mol. The predicted octanol–water partition coefficient (Wildman–Crippen LogP) is 1.22. The molecule has 8 heteroatoms. The Morgan fingerprint density at radius 2 is 1.25 bits per heavy atom. The predicted molar refractivity (Wildman–Crippen MR) is 89.9 cm³/mol. The molecule has 8 nitrogen and oxygen atoms in total. The van der Waals surface area contributed by atoms with E-state index in [1.54, 1.807) is 24.3 Å². The van der Waals surface area contributed by atoms with Gasteiger partial charge in [-0.1, -0.05) is 0 Å². The van der Waals surface area contributed by atoms with Crippen molar-refractivity contribution in [1.29, 1.82) is 0 Å². The molecule has 24 heavy (non-hydrogen) atoms. The lowest BCUT2D eigenvalue weighted by Crippen LogP contribution is -2.19. The largest absolute Gasteiger partial charge is 0.272 e. The minimum absolute atomic E-state index is 0.387. The van der Waals surface area contributed by atoms with Gasteiger partial charge < -0.3 is 0 Å². The van der Waals surface area contributed by atoms with Crippen LogP contribution in [0.1, 0.15) is 32.1 Å². The molecule has 0 fully saturated rings. The van der Waals surface area contributed by atoms with Crippen LogP contribution in [0.4, 0.5) is 0 Å². The molecule has 0 unspecified atom stereocenters. The number of aryl methyl sites for hydroxylation is 2. The van der Waals surface area contributed by atoms with Gasteiger partial charge in [0.2, 0.25) is 0 Å². The number of nitrogens with zero attached hydrogens (tertiary/aromatic N) is 4. The SMILES string of the molecule is Cc1ccc(C(=O)NN=CC=NNC(=O)c2ccc(C)nc2)cn1. The van der Waals surface area contributed by atoms with Crippen molar-refractivity contribution in [2.45, 2.75) is 13.8 Å². The highest BCUT2D eigenvalue weighted by Gasteiger charge is 2.04. The van der Waals surface area contributed by atoms with Crippen LogP contribution < -0.4 is 10.9 Å². The second-order valence-corrected chi connectivity index (χ2v) is 4.81. The van der Waals surface area contributed by atoms with E-state index in [4.69, 9.17) is 0 Å². The Balaban J connectivity index is 1.78. The molecule has 2 rings (SSSR count). The van der Waals surface area contributed by atoms with E-state index in [1.165, 1.54) is 24.8 Å². The summed E-state index contributed by atoms with van der Waals surface area (Å²) >= 11 is 0. The first-order chi connectivity index (χ1) is 11.6. The molecule has 122 valence electrons. The number of hydrogen-bond donors (Lipinski definition) is 2. The van der Waals surface area contributed by atoms with E-state index in [0.29, 0.717) is 11.1 Å². The first-order valence-corrected chi connectivity index (χ1v) is 7.07. The average molecular weight is 324 g/mol. The molecule has 0 aliphatic rings. The van der Waals surface area contributed by atoms with Gasteiger partial charge in [-0.3, -0.25) is 19.6 Å². The fraction of sp³-hybridized carbons (Fsp3) is 0.125. The summed E-state index contributed by atoms with van der Waals surface area (Å²) in [5, 5.41) is 7.37. The van der Waals surface area contributed by atoms with Crippen LogP contribution >= 0.6 is 0 Å². The Kier molecular flexibility index (Phi) is 5.84. The molecule has 2 heterocycles. The molecule has 0 bridgehead atoms. The molecule has 2 aromatic rings. The zero-order valence-electron chi connectivity index (χ0n) is 13.2. The van der Waals surface area contributed by atoms with Gasteiger partial charge in [-0.05, 0) is 38.1 Å². The molecule has 0 atom stereocenters. The lowest BCUT2D eigenvalue weighted by Gasteiger charge is -1.99. The third kappa shape index (κ3) is 5.09. The number of rotatable bonds is 5. The van der Waals surface area contributed by atoms with Gasteiger partial charge in [-0.2, -0.15) is 10.2 Å². The summed E-state index contributed by atoms with van der Waals surface area (Å²) < 4.78 is 0. The number of hydrogen-bond acceptors (Lipinski definition) is 6. The Morgan fingerprint density at radius 3 is 1.58 bits per heavy atom. The molecule has 2 aromatic heterocycles. The number of aromatic nitrogens is 2. The van der Waals surface area contributed by atoms with Gasteiger partial charge in [0.25, 0.3) is 11.8 Å². The summed E-state index contributed by atoms with van der Waals surface area (Å²) in [6.45, 7) is 3.66. The lowest BCUT2D eigenvalue weighted by atomic mass is 10.2. The fourth-order valence-corrected chi connectivity index (χ4v) is 1.59.